The van der Waals surface area contributed by atoms with E-state index in [1.165, 1.54) is 11.3 Å². The van der Waals surface area contributed by atoms with Crippen molar-refractivity contribution in [1.82, 2.24) is 4.72 Å². The quantitative estimate of drug-likeness (QED) is 0.682. The van der Waals surface area contributed by atoms with Crippen LogP contribution in [0.25, 0.3) is 0 Å². The van der Waals surface area contributed by atoms with Gasteiger partial charge in [0.05, 0.1) is 0 Å². The number of carbonyl (C=O) groups is 1. The third-order valence-corrected chi connectivity index (χ3v) is 8.00. The molecule has 1 aliphatic rings. The molecule has 0 spiro atoms. The Balaban J connectivity index is 1.45. The minimum atomic E-state index is -3.41. The number of nitrogens with one attached hydrogen (secondary N) is 2. The van der Waals surface area contributed by atoms with E-state index in [1.54, 1.807) is 17.5 Å². The van der Waals surface area contributed by atoms with E-state index in [0.29, 0.717) is 10.8 Å². The second kappa shape index (κ2) is 8.65. The zero-order chi connectivity index (χ0) is 18.6. The molecule has 1 saturated carbocycles. The molecule has 0 saturated heterocycles. The van der Waals surface area contributed by atoms with Gasteiger partial charge in [-0.05, 0) is 67.3 Å². The number of carbonyl (C=O) groups excluding carboxylic acids is 1. The summed E-state index contributed by atoms with van der Waals surface area (Å²) in [6.45, 7) is 0.432. The number of hydrogen-bond donors (Lipinski definition) is 2. The molecule has 8 heteroatoms. The van der Waals surface area contributed by atoms with Crippen molar-refractivity contribution in [3.63, 3.8) is 0 Å². The Kier molecular flexibility index (Phi) is 6.50. The Morgan fingerprint density at radius 3 is 2.42 bits per heavy atom. The maximum atomic E-state index is 12.4. The zero-order valence-electron chi connectivity index (χ0n) is 14.2. The second-order valence-corrected chi connectivity index (χ2v) is 10.4. The van der Waals surface area contributed by atoms with Gasteiger partial charge in [-0.2, -0.15) is 0 Å². The molecule has 0 atom stereocenters. The van der Waals surface area contributed by atoms with E-state index in [2.05, 4.69) is 26.0 Å². The Morgan fingerprint density at radius 1 is 1.12 bits per heavy atom. The van der Waals surface area contributed by atoms with E-state index < -0.39 is 10.0 Å². The molecule has 1 aliphatic carbocycles. The van der Waals surface area contributed by atoms with Gasteiger partial charge in [0.15, 0.2) is 0 Å². The molecule has 2 N–H and O–H groups in total. The first-order chi connectivity index (χ1) is 12.4. The van der Waals surface area contributed by atoms with Crippen molar-refractivity contribution < 1.29 is 13.2 Å². The van der Waals surface area contributed by atoms with Gasteiger partial charge in [-0.25, -0.2) is 13.1 Å². The lowest BCUT2D eigenvalue weighted by Gasteiger charge is -2.27. The van der Waals surface area contributed by atoms with Gasteiger partial charge >= 0.3 is 0 Å². The summed E-state index contributed by atoms with van der Waals surface area (Å²) in [5.74, 6) is 0.315. The summed E-state index contributed by atoms with van der Waals surface area (Å²) in [6, 6.07) is 10.9. The van der Waals surface area contributed by atoms with Crippen LogP contribution in [0, 0.1) is 11.8 Å². The zero-order valence-corrected chi connectivity index (χ0v) is 17.4. The largest absolute Gasteiger partial charge is 0.326 e. The van der Waals surface area contributed by atoms with Crippen LogP contribution in [0.2, 0.25) is 0 Å². The predicted molar refractivity (Wildman–Crippen MR) is 108 cm³/mol. The van der Waals surface area contributed by atoms with Crippen molar-refractivity contribution in [3.05, 3.63) is 46.3 Å². The summed E-state index contributed by atoms with van der Waals surface area (Å²) in [7, 11) is -3.41. The first kappa shape index (κ1) is 19.5. The normalized spacial score (nSPS) is 20.7. The van der Waals surface area contributed by atoms with Gasteiger partial charge in [-0.1, -0.05) is 22.0 Å². The summed E-state index contributed by atoms with van der Waals surface area (Å²) in [6.07, 6.45) is 3.28. The Bertz CT molecular complexity index is 828. The van der Waals surface area contributed by atoms with E-state index in [9.17, 15) is 13.2 Å². The van der Waals surface area contributed by atoms with E-state index in [-0.39, 0.29) is 17.7 Å². The number of anilines is 1. The van der Waals surface area contributed by atoms with Crippen molar-refractivity contribution >= 4 is 48.9 Å². The highest BCUT2D eigenvalue weighted by molar-refractivity contribution is 9.10. The molecule has 1 fully saturated rings. The molecule has 0 unspecified atom stereocenters. The van der Waals surface area contributed by atoms with Crippen LogP contribution in [-0.4, -0.2) is 20.9 Å². The Hall–Kier alpha value is -1.22. The molecule has 1 aromatic carbocycles. The Labute approximate surface area is 166 Å². The topological polar surface area (TPSA) is 75.3 Å². The second-order valence-electron chi connectivity index (χ2n) is 6.50. The highest BCUT2D eigenvalue weighted by atomic mass is 79.9. The molecule has 0 radical (unpaired) electrons. The highest BCUT2D eigenvalue weighted by Crippen LogP contribution is 2.30. The Morgan fingerprint density at radius 2 is 1.81 bits per heavy atom. The minimum Gasteiger partial charge on any atom is -0.326 e. The molecule has 5 nitrogen and oxygen atoms in total. The SMILES string of the molecule is O=C(Nc1ccc(Br)cc1)C1CCC(CNS(=O)(=O)c2cccs2)CC1. The minimum absolute atomic E-state index is 0.0104. The molecule has 3 rings (SSSR count). The summed E-state index contributed by atoms with van der Waals surface area (Å²) < 4.78 is 28.4. The third-order valence-electron chi connectivity index (χ3n) is 4.65. The van der Waals surface area contributed by atoms with Gasteiger partial charge in [0, 0.05) is 22.6 Å². The summed E-state index contributed by atoms with van der Waals surface area (Å²) in [5.41, 5.74) is 0.795. The summed E-state index contributed by atoms with van der Waals surface area (Å²) in [4.78, 5) is 12.4. The first-order valence-electron chi connectivity index (χ1n) is 8.53. The van der Waals surface area contributed by atoms with Crippen LogP contribution in [-0.2, 0) is 14.8 Å². The maximum absolute atomic E-state index is 12.4. The molecular weight excluding hydrogens is 436 g/mol. The molecular formula is C18H21BrN2O3S2. The summed E-state index contributed by atoms with van der Waals surface area (Å²) in [5, 5.41) is 4.71. The molecule has 1 aromatic heterocycles. The van der Waals surface area contributed by atoms with Crippen LogP contribution in [0.1, 0.15) is 25.7 Å². The number of thiophene rings is 1. The molecule has 0 bridgehead atoms. The van der Waals surface area contributed by atoms with Crippen molar-refractivity contribution in [2.75, 3.05) is 11.9 Å². The van der Waals surface area contributed by atoms with Gasteiger partial charge in [0.1, 0.15) is 4.21 Å². The maximum Gasteiger partial charge on any atom is 0.250 e. The average molecular weight is 457 g/mol. The number of amides is 1. The van der Waals surface area contributed by atoms with Crippen LogP contribution in [0.5, 0.6) is 0 Å². The lowest BCUT2D eigenvalue weighted by atomic mass is 9.81. The lowest BCUT2D eigenvalue weighted by molar-refractivity contribution is -0.121. The van der Waals surface area contributed by atoms with Crippen LogP contribution in [0.15, 0.2) is 50.5 Å². The van der Waals surface area contributed by atoms with Crippen molar-refractivity contribution in [3.8, 4) is 0 Å². The molecule has 1 amide bonds. The van der Waals surface area contributed by atoms with Gasteiger partial charge < -0.3 is 5.32 Å². The van der Waals surface area contributed by atoms with Crippen LogP contribution in [0.4, 0.5) is 5.69 Å². The van der Waals surface area contributed by atoms with Crippen molar-refractivity contribution in [1.29, 1.82) is 0 Å². The van der Waals surface area contributed by atoms with Gasteiger partial charge in [-0.3, -0.25) is 4.79 Å². The van der Waals surface area contributed by atoms with E-state index >= 15 is 0 Å². The highest BCUT2D eigenvalue weighted by Gasteiger charge is 2.27. The monoisotopic (exact) mass is 456 g/mol. The van der Waals surface area contributed by atoms with Crippen molar-refractivity contribution in [2.24, 2.45) is 11.8 Å². The van der Waals surface area contributed by atoms with E-state index in [0.717, 1.165) is 35.8 Å². The van der Waals surface area contributed by atoms with E-state index in [1.807, 2.05) is 24.3 Å². The molecule has 0 aliphatic heterocycles. The van der Waals surface area contributed by atoms with Gasteiger partial charge in [-0.15, -0.1) is 11.3 Å². The number of rotatable bonds is 6. The molecule has 26 heavy (non-hydrogen) atoms. The standard InChI is InChI=1S/C18H21BrN2O3S2/c19-15-7-9-16(10-8-15)21-18(22)14-5-3-13(4-6-14)12-20-26(23,24)17-2-1-11-25-17/h1-2,7-11,13-14,20H,3-6,12H2,(H,21,22). The molecule has 1 heterocycles. The smallest absolute Gasteiger partial charge is 0.250 e. The number of halogens is 1. The molecule has 140 valence electrons. The average Bonchev–Trinajstić information content (AvgIpc) is 3.18. The van der Waals surface area contributed by atoms with Gasteiger partial charge in [0.25, 0.3) is 0 Å². The van der Waals surface area contributed by atoms with Crippen LogP contribution < -0.4 is 10.0 Å². The predicted octanol–water partition coefficient (Wildman–Crippen LogP) is 4.23. The fourth-order valence-corrected chi connectivity index (χ4v) is 5.54. The number of benzene rings is 1. The van der Waals surface area contributed by atoms with Crippen LogP contribution >= 0.6 is 27.3 Å². The third kappa shape index (κ3) is 5.16. The number of sulfonamides is 1. The van der Waals surface area contributed by atoms with E-state index in [4.69, 9.17) is 0 Å². The lowest BCUT2D eigenvalue weighted by Crippen LogP contribution is -2.33. The fraction of sp³-hybridized carbons (Fsp3) is 0.389. The van der Waals surface area contributed by atoms with Crippen LogP contribution in [0.3, 0.4) is 0 Å². The van der Waals surface area contributed by atoms with Crippen molar-refractivity contribution in [2.45, 2.75) is 29.9 Å². The summed E-state index contributed by atoms with van der Waals surface area (Å²) >= 11 is 4.59. The first-order valence-corrected chi connectivity index (χ1v) is 11.7. The van der Waals surface area contributed by atoms with Gasteiger partial charge in [0.2, 0.25) is 15.9 Å². The number of hydrogen-bond acceptors (Lipinski definition) is 4. The fourth-order valence-electron chi connectivity index (χ4n) is 3.12. The molecule has 2 aromatic rings.